The quantitative estimate of drug-likeness (QED) is 0.833. The average molecular weight is 349 g/mol. The lowest BCUT2D eigenvalue weighted by molar-refractivity contribution is -0.145. The number of aromatic nitrogens is 1. The van der Waals surface area contributed by atoms with Gasteiger partial charge >= 0.3 is 5.97 Å². The van der Waals surface area contributed by atoms with Gasteiger partial charge in [-0.15, -0.1) is 11.8 Å². The third kappa shape index (κ3) is 2.59. The molecule has 1 amide bonds. The fraction of sp³-hybridized carbons (Fsp3) is 0.400. The molecule has 2 fully saturated rings. The molecular formula is C15H15N3O3S2. The molecule has 0 radical (unpaired) electrons. The number of thioether (sulfide) groups is 2. The van der Waals surface area contributed by atoms with Crippen LogP contribution in [0.15, 0.2) is 34.5 Å². The van der Waals surface area contributed by atoms with Crippen LogP contribution in [-0.4, -0.2) is 50.6 Å². The zero-order valence-corrected chi connectivity index (χ0v) is 13.8. The molecule has 6 nitrogen and oxygen atoms in total. The molecule has 0 saturated carbocycles. The average Bonchev–Trinajstić information content (AvgIpc) is 3.11. The third-order valence-electron chi connectivity index (χ3n) is 4.23. The molecule has 4 heterocycles. The Balaban J connectivity index is 1.47. The lowest BCUT2D eigenvalue weighted by Gasteiger charge is -2.33. The van der Waals surface area contributed by atoms with Gasteiger partial charge in [-0.1, -0.05) is 11.8 Å². The molecule has 2 atom stereocenters. The van der Waals surface area contributed by atoms with Crippen LogP contribution < -0.4 is 4.90 Å². The van der Waals surface area contributed by atoms with Gasteiger partial charge < -0.3 is 10.0 Å². The summed E-state index contributed by atoms with van der Waals surface area (Å²) in [6, 6.07) is 3.98. The molecule has 23 heavy (non-hydrogen) atoms. The van der Waals surface area contributed by atoms with Crippen molar-refractivity contribution in [3.8, 4) is 0 Å². The number of hydrogen-bond acceptors (Lipinski definition) is 6. The van der Waals surface area contributed by atoms with E-state index in [9.17, 15) is 14.7 Å². The number of hydrogen-bond donors (Lipinski definition) is 1. The Bertz CT molecular complexity index is 694. The lowest BCUT2D eigenvalue weighted by Crippen LogP contribution is -2.48. The van der Waals surface area contributed by atoms with Gasteiger partial charge in [-0.05, 0) is 18.6 Å². The molecule has 2 saturated heterocycles. The number of carboxylic acids is 1. The monoisotopic (exact) mass is 349 g/mol. The molecule has 0 aromatic carbocycles. The summed E-state index contributed by atoms with van der Waals surface area (Å²) < 4.78 is 0.787. The van der Waals surface area contributed by atoms with Gasteiger partial charge in [0.25, 0.3) is 0 Å². The zero-order valence-electron chi connectivity index (χ0n) is 12.2. The highest BCUT2D eigenvalue weighted by molar-refractivity contribution is 8.23. The number of anilines is 1. The van der Waals surface area contributed by atoms with Crippen LogP contribution in [0, 0.1) is 0 Å². The van der Waals surface area contributed by atoms with Crippen molar-refractivity contribution in [3.05, 3.63) is 34.5 Å². The van der Waals surface area contributed by atoms with E-state index in [1.54, 1.807) is 24.2 Å². The Morgan fingerprint density at radius 1 is 1.39 bits per heavy atom. The number of nitrogens with zero attached hydrogens (tertiary/aromatic N) is 3. The summed E-state index contributed by atoms with van der Waals surface area (Å²) in [5.41, 5.74) is 1.33. The van der Waals surface area contributed by atoms with Crippen LogP contribution >= 0.6 is 23.5 Å². The fourth-order valence-electron chi connectivity index (χ4n) is 3.07. The Kier molecular flexibility index (Phi) is 3.73. The van der Waals surface area contributed by atoms with E-state index in [1.807, 2.05) is 12.1 Å². The molecule has 0 spiro atoms. The number of carboxylic acid groups (broad SMARTS) is 1. The number of β-lactam (4-membered cyclic amide) rings is 1. The second kappa shape index (κ2) is 5.76. The molecule has 1 aromatic rings. The summed E-state index contributed by atoms with van der Waals surface area (Å²) in [6.45, 7) is 1.83. The fourth-order valence-corrected chi connectivity index (χ4v) is 6.21. The number of aliphatic carboxylic acids is 1. The van der Waals surface area contributed by atoms with Gasteiger partial charge in [0, 0.05) is 36.4 Å². The zero-order chi connectivity index (χ0) is 16.0. The number of carbonyl (C=O) groups excluding carboxylic acids is 1. The molecule has 3 aliphatic heterocycles. The van der Waals surface area contributed by atoms with E-state index in [-0.39, 0.29) is 17.0 Å². The van der Waals surface area contributed by atoms with Gasteiger partial charge in [-0.3, -0.25) is 14.7 Å². The standard InChI is InChI=1S/C15H15N3O3S2/c19-11-7-12-18(11)13(14(20)21)15(23-12)22-10-3-6-17(8-10)9-1-4-16-5-2-9/h1-2,4-5,10,12H,3,6-8H2,(H,20,21)/t10?,12-/m1/s1. The second-order valence-corrected chi connectivity index (χ2v) is 8.42. The van der Waals surface area contributed by atoms with Crippen molar-refractivity contribution in [1.82, 2.24) is 9.88 Å². The van der Waals surface area contributed by atoms with E-state index in [0.717, 1.165) is 29.4 Å². The molecule has 0 bridgehead atoms. The summed E-state index contributed by atoms with van der Waals surface area (Å²) in [7, 11) is 0. The van der Waals surface area contributed by atoms with Gasteiger partial charge in [-0.25, -0.2) is 4.79 Å². The minimum Gasteiger partial charge on any atom is -0.477 e. The maximum Gasteiger partial charge on any atom is 0.354 e. The maximum absolute atomic E-state index is 11.6. The van der Waals surface area contributed by atoms with Crippen molar-refractivity contribution in [2.75, 3.05) is 18.0 Å². The number of carbonyl (C=O) groups is 2. The summed E-state index contributed by atoms with van der Waals surface area (Å²) in [5.74, 6) is -1.08. The highest BCUT2D eigenvalue weighted by Crippen LogP contribution is 2.52. The van der Waals surface area contributed by atoms with Crippen LogP contribution in [0.25, 0.3) is 0 Å². The second-order valence-electron chi connectivity index (χ2n) is 5.66. The lowest BCUT2D eigenvalue weighted by atomic mass is 10.2. The smallest absolute Gasteiger partial charge is 0.354 e. The number of fused-ring (bicyclic) bond motifs is 1. The van der Waals surface area contributed by atoms with Crippen molar-refractivity contribution in [3.63, 3.8) is 0 Å². The van der Waals surface area contributed by atoms with Crippen LogP contribution in [0.3, 0.4) is 0 Å². The normalized spacial score (nSPS) is 26.5. The van der Waals surface area contributed by atoms with E-state index < -0.39 is 5.97 Å². The Morgan fingerprint density at radius 2 is 2.17 bits per heavy atom. The third-order valence-corrected chi connectivity index (χ3v) is 6.99. The molecule has 8 heteroatoms. The summed E-state index contributed by atoms with van der Waals surface area (Å²) in [6.07, 6.45) is 5.01. The molecule has 120 valence electrons. The molecule has 1 aromatic heterocycles. The molecular weight excluding hydrogens is 334 g/mol. The summed E-state index contributed by atoms with van der Waals surface area (Å²) >= 11 is 3.13. The van der Waals surface area contributed by atoms with E-state index in [2.05, 4.69) is 9.88 Å². The SMILES string of the molecule is O=C(O)C1=C(SC2CCN(c3ccncc3)C2)S[C@@H]2CC(=O)N12. The van der Waals surface area contributed by atoms with Crippen molar-refractivity contribution >= 4 is 41.1 Å². The number of amides is 1. The van der Waals surface area contributed by atoms with Crippen molar-refractivity contribution in [2.45, 2.75) is 23.5 Å². The van der Waals surface area contributed by atoms with Crippen molar-refractivity contribution in [2.24, 2.45) is 0 Å². The highest BCUT2D eigenvalue weighted by Gasteiger charge is 2.49. The topological polar surface area (TPSA) is 73.7 Å². The predicted molar refractivity (Wildman–Crippen MR) is 89.9 cm³/mol. The van der Waals surface area contributed by atoms with Crippen molar-refractivity contribution < 1.29 is 14.7 Å². The largest absolute Gasteiger partial charge is 0.477 e. The van der Waals surface area contributed by atoms with Gasteiger partial charge in [-0.2, -0.15) is 0 Å². The van der Waals surface area contributed by atoms with Crippen LogP contribution in [-0.2, 0) is 9.59 Å². The van der Waals surface area contributed by atoms with E-state index >= 15 is 0 Å². The molecule has 0 aliphatic carbocycles. The molecule has 1 unspecified atom stereocenters. The minimum atomic E-state index is -1.00. The van der Waals surface area contributed by atoms with Gasteiger partial charge in [0.05, 0.1) is 16.0 Å². The summed E-state index contributed by atoms with van der Waals surface area (Å²) in [5, 5.41) is 9.77. The van der Waals surface area contributed by atoms with Gasteiger partial charge in [0.15, 0.2) is 5.70 Å². The first-order valence-corrected chi connectivity index (χ1v) is 9.17. The summed E-state index contributed by atoms with van der Waals surface area (Å²) in [4.78, 5) is 30.9. The first kappa shape index (κ1) is 14.9. The molecule has 4 rings (SSSR count). The first-order chi connectivity index (χ1) is 11.1. The Labute approximate surface area is 141 Å². The Hall–Kier alpha value is -1.67. The highest BCUT2D eigenvalue weighted by atomic mass is 32.2. The first-order valence-electron chi connectivity index (χ1n) is 7.41. The number of rotatable bonds is 4. The predicted octanol–water partition coefficient (Wildman–Crippen LogP) is 1.95. The van der Waals surface area contributed by atoms with Gasteiger partial charge in [0.1, 0.15) is 0 Å². The van der Waals surface area contributed by atoms with Crippen LogP contribution in [0.1, 0.15) is 12.8 Å². The molecule has 1 N–H and O–H groups in total. The van der Waals surface area contributed by atoms with Crippen LogP contribution in [0.4, 0.5) is 5.69 Å². The van der Waals surface area contributed by atoms with E-state index in [1.165, 1.54) is 16.7 Å². The number of pyridine rings is 1. The van der Waals surface area contributed by atoms with Crippen LogP contribution in [0.2, 0.25) is 0 Å². The van der Waals surface area contributed by atoms with Gasteiger partial charge in [0.2, 0.25) is 5.91 Å². The molecule has 3 aliphatic rings. The minimum absolute atomic E-state index is 0.00574. The Morgan fingerprint density at radius 3 is 2.87 bits per heavy atom. The maximum atomic E-state index is 11.6. The van der Waals surface area contributed by atoms with E-state index in [4.69, 9.17) is 0 Å². The van der Waals surface area contributed by atoms with Crippen molar-refractivity contribution in [1.29, 1.82) is 0 Å². The van der Waals surface area contributed by atoms with Crippen LogP contribution in [0.5, 0.6) is 0 Å². The van der Waals surface area contributed by atoms with E-state index in [0.29, 0.717) is 11.7 Å².